The van der Waals surface area contributed by atoms with Gasteiger partial charge in [0, 0.05) is 28.7 Å². The molecule has 0 radical (unpaired) electrons. The van der Waals surface area contributed by atoms with Crippen molar-refractivity contribution >= 4 is 11.8 Å². The first-order valence-electron chi connectivity index (χ1n) is 7.64. The number of fused-ring (bicyclic) bond motifs is 1. The summed E-state index contributed by atoms with van der Waals surface area (Å²) in [7, 11) is 0. The van der Waals surface area contributed by atoms with Gasteiger partial charge in [0.15, 0.2) is 0 Å². The molecule has 2 unspecified atom stereocenters. The highest BCUT2D eigenvalue weighted by Crippen LogP contribution is 2.40. The van der Waals surface area contributed by atoms with E-state index in [0.717, 1.165) is 13.0 Å². The lowest BCUT2D eigenvalue weighted by Crippen LogP contribution is -2.26. The summed E-state index contributed by atoms with van der Waals surface area (Å²) in [6.07, 6.45) is 6.39. The van der Waals surface area contributed by atoms with Gasteiger partial charge in [0.05, 0.1) is 0 Å². The molecule has 2 atom stereocenters. The molecule has 110 valence electrons. The Labute approximate surface area is 131 Å². The first kappa shape index (κ1) is 14.6. The quantitative estimate of drug-likeness (QED) is 0.838. The Balaban J connectivity index is 1.91. The van der Waals surface area contributed by atoms with E-state index in [1.54, 1.807) is 11.8 Å². The summed E-state index contributed by atoms with van der Waals surface area (Å²) in [6, 6.07) is 13.6. The number of benzene rings is 1. The molecule has 0 saturated heterocycles. The highest BCUT2D eigenvalue weighted by Gasteiger charge is 2.31. The zero-order valence-electron chi connectivity index (χ0n) is 12.7. The van der Waals surface area contributed by atoms with Gasteiger partial charge in [-0.05, 0) is 55.0 Å². The van der Waals surface area contributed by atoms with Crippen LogP contribution in [0.4, 0.5) is 0 Å². The molecule has 1 aromatic heterocycles. The number of pyridine rings is 1. The van der Waals surface area contributed by atoms with Gasteiger partial charge in [-0.1, -0.05) is 25.1 Å². The molecule has 2 nitrogen and oxygen atoms in total. The fourth-order valence-electron chi connectivity index (χ4n) is 3.29. The molecule has 3 heteroatoms. The van der Waals surface area contributed by atoms with Crippen molar-refractivity contribution in [1.29, 1.82) is 0 Å². The molecule has 1 aliphatic rings. The van der Waals surface area contributed by atoms with Crippen LogP contribution in [-0.2, 0) is 6.42 Å². The van der Waals surface area contributed by atoms with Gasteiger partial charge in [-0.2, -0.15) is 0 Å². The molecular weight excluding hydrogens is 276 g/mol. The molecule has 1 heterocycles. The summed E-state index contributed by atoms with van der Waals surface area (Å²) in [5.74, 6) is 0.487. The Morgan fingerprint density at radius 3 is 2.81 bits per heavy atom. The number of aryl methyl sites for hydroxylation is 1. The van der Waals surface area contributed by atoms with Crippen LogP contribution in [0, 0.1) is 0 Å². The summed E-state index contributed by atoms with van der Waals surface area (Å²) in [5.41, 5.74) is 4.08. The summed E-state index contributed by atoms with van der Waals surface area (Å²) >= 11 is 1.79. The number of hydrogen-bond donors (Lipinski definition) is 1. The van der Waals surface area contributed by atoms with Crippen LogP contribution in [0.25, 0.3) is 0 Å². The second-order valence-corrected chi connectivity index (χ2v) is 6.38. The SMILES string of the molecule is CCNC(c1ccc(SC)cc1)C1CCc2cccnc21. The van der Waals surface area contributed by atoms with Crippen molar-refractivity contribution in [3.8, 4) is 0 Å². The first-order chi connectivity index (χ1) is 10.3. The minimum absolute atomic E-state index is 0.363. The van der Waals surface area contributed by atoms with Crippen molar-refractivity contribution in [2.24, 2.45) is 0 Å². The molecule has 0 amide bonds. The van der Waals surface area contributed by atoms with Crippen LogP contribution in [-0.4, -0.2) is 17.8 Å². The van der Waals surface area contributed by atoms with E-state index < -0.39 is 0 Å². The normalized spacial score (nSPS) is 18.5. The molecule has 3 rings (SSSR count). The Hall–Kier alpha value is -1.32. The molecule has 1 aliphatic carbocycles. The average Bonchev–Trinajstić information content (AvgIpc) is 2.97. The molecule has 0 spiro atoms. The Kier molecular flexibility index (Phi) is 4.61. The van der Waals surface area contributed by atoms with E-state index in [2.05, 4.69) is 59.9 Å². The molecule has 2 aromatic rings. The minimum Gasteiger partial charge on any atom is -0.310 e. The lowest BCUT2D eigenvalue weighted by molar-refractivity contribution is 0.447. The highest BCUT2D eigenvalue weighted by atomic mass is 32.2. The highest BCUT2D eigenvalue weighted by molar-refractivity contribution is 7.98. The van der Waals surface area contributed by atoms with Crippen LogP contribution < -0.4 is 5.32 Å². The molecular formula is C18H22N2S. The first-order valence-corrected chi connectivity index (χ1v) is 8.87. The summed E-state index contributed by atoms with van der Waals surface area (Å²) < 4.78 is 0. The second-order valence-electron chi connectivity index (χ2n) is 5.50. The maximum absolute atomic E-state index is 4.66. The molecule has 1 N–H and O–H groups in total. The van der Waals surface area contributed by atoms with Crippen LogP contribution in [0.2, 0.25) is 0 Å². The van der Waals surface area contributed by atoms with E-state index in [-0.39, 0.29) is 0 Å². The van der Waals surface area contributed by atoms with E-state index in [0.29, 0.717) is 12.0 Å². The lowest BCUT2D eigenvalue weighted by Gasteiger charge is -2.25. The van der Waals surface area contributed by atoms with Gasteiger partial charge >= 0.3 is 0 Å². The van der Waals surface area contributed by atoms with Crippen molar-refractivity contribution in [3.05, 3.63) is 59.4 Å². The smallest absolute Gasteiger partial charge is 0.0485 e. The molecule has 0 bridgehead atoms. The fourth-order valence-corrected chi connectivity index (χ4v) is 3.70. The fraction of sp³-hybridized carbons (Fsp3) is 0.389. The van der Waals surface area contributed by atoms with E-state index in [1.165, 1.54) is 28.1 Å². The van der Waals surface area contributed by atoms with Crippen LogP contribution in [0.5, 0.6) is 0 Å². The van der Waals surface area contributed by atoms with Crippen LogP contribution in [0.15, 0.2) is 47.5 Å². The van der Waals surface area contributed by atoms with Gasteiger partial charge in [-0.15, -0.1) is 11.8 Å². The monoisotopic (exact) mass is 298 g/mol. The Morgan fingerprint density at radius 2 is 2.10 bits per heavy atom. The molecule has 0 fully saturated rings. The molecule has 0 aliphatic heterocycles. The van der Waals surface area contributed by atoms with Gasteiger partial charge < -0.3 is 5.32 Å². The van der Waals surface area contributed by atoms with Gasteiger partial charge in [0.2, 0.25) is 0 Å². The van der Waals surface area contributed by atoms with Gasteiger partial charge in [0.1, 0.15) is 0 Å². The topological polar surface area (TPSA) is 24.9 Å². The van der Waals surface area contributed by atoms with E-state index in [4.69, 9.17) is 0 Å². The summed E-state index contributed by atoms with van der Waals surface area (Å²) in [5, 5.41) is 3.67. The molecule has 1 aromatic carbocycles. The van der Waals surface area contributed by atoms with Crippen molar-refractivity contribution in [3.63, 3.8) is 0 Å². The lowest BCUT2D eigenvalue weighted by atomic mass is 9.90. The zero-order valence-corrected chi connectivity index (χ0v) is 13.5. The van der Waals surface area contributed by atoms with Gasteiger partial charge in [-0.3, -0.25) is 4.98 Å². The van der Waals surface area contributed by atoms with Gasteiger partial charge in [0.25, 0.3) is 0 Å². The van der Waals surface area contributed by atoms with Crippen molar-refractivity contribution in [1.82, 2.24) is 10.3 Å². The predicted octanol–water partition coefficient (Wildman–Crippen LogP) is 4.18. The Bertz CT molecular complexity index is 594. The average molecular weight is 298 g/mol. The number of nitrogens with one attached hydrogen (secondary N) is 1. The number of thioether (sulfide) groups is 1. The summed E-state index contributed by atoms with van der Waals surface area (Å²) in [4.78, 5) is 5.98. The molecule has 0 saturated carbocycles. The van der Waals surface area contributed by atoms with Crippen molar-refractivity contribution < 1.29 is 0 Å². The second kappa shape index (κ2) is 6.63. The van der Waals surface area contributed by atoms with Gasteiger partial charge in [-0.25, -0.2) is 0 Å². The third-order valence-electron chi connectivity index (χ3n) is 4.30. The third kappa shape index (κ3) is 2.99. The number of aromatic nitrogens is 1. The van der Waals surface area contributed by atoms with Crippen LogP contribution in [0.3, 0.4) is 0 Å². The standard InChI is InChI=1S/C18H22N2S/c1-3-19-17(14-6-9-15(21-2)10-7-14)16-11-8-13-5-4-12-20-18(13)16/h4-7,9-10,12,16-17,19H,3,8,11H2,1-2H3. The number of likely N-dealkylation sites (N-methyl/N-ethyl adjacent to an activating group) is 1. The maximum atomic E-state index is 4.66. The molecule has 21 heavy (non-hydrogen) atoms. The third-order valence-corrected chi connectivity index (χ3v) is 5.05. The zero-order chi connectivity index (χ0) is 14.7. The van der Waals surface area contributed by atoms with E-state index in [9.17, 15) is 0 Å². The maximum Gasteiger partial charge on any atom is 0.0485 e. The summed E-state index contributed by atoms with van der Waals surface area (Å²) in [6.45, 7) is 3.16. The number of rotatable bonds is 5. The van der Waals surface area contributed by atoms with E-state index in [1.807, 2.05) is 6.20 Å². The predicted molar refractivity (Wildman–Crippen MR) is 89.9 cm³/mol. The van der Waals surface area contributed by atoms with Crippen molar-refractivity contribution in [2.75, 3.05) is 12.8 Å². The van der Waals surface area contributed by atoms with Crippen LogP contribution in [0.1, 0.15) is 42.1 Å². The van der Waals surface area contributed by atoms with Crippen molar-refractivity contribution in [2.45, 2.75) is 36.6 Å². The number of nitrogens with zero attached hydrogens (tertiary/aromatic N) is 1. The number of hydrogen-bond acceptors (Lipinski definition) is 3. The largest absolute Gasteiger partial charge is 0.310 e. The van der Waals surface area contributed by atoms with E-state index >= 15 is 0 Å². The Morgan fingerprint density at radius 1 is 1.29 bits per heavy atom. The van der Waals surface area contributed by atoms with Crippen LogP contribution >= 0.6 is 11.8 Å². The minimum atomic E-state index is 0.363.